The van der Waals surface area contributed by atoms with Gasteiger partial charge in [-0.1, -0.05) is 26.0 Å². The van der Waals surface area contributed by atoms with Gasteiger partial charge in [-0.25, -0.2) is 4.79 Å². The Bertz CT molecular complexity index is 848. The molecule has 0 aliphatic carbocycles. The number of rotatable bonds is 8. The van der Waals surface area contributed by atoms with Crippen molar-refractivity contribution in [1.29, 1.82) is 0 Å². The summed E-state index contributed by atoms with van der Waals surface area (Å²) in [5, 5.41) is 15.8. The molecule has 0 radical (unpaired) electrons. The van der Waals surface area contributed by atoms with Crippen LogP contribution in [0.5, 0.6) is 0 Å². The highest BCUT2D eigenvalue weighted by atomic mass is 32.2. The maximum absolute atomic E-state index is 12.4. The second-order valence-electron chi connectivity index (χ2n) is 8.40. The lowest BCUT2D eigenvalue weighted by Crippen LogP contribution is -2.34. The number of piperidine rings is 1. The van der Waals surface area contributed by atoms with Crippen LogP contribution in [0, 0.1) is 12.8 Å². The monoisotopic (exact) mass is 441 g/mol. The number of nitrogens with zero attached hydrogens (tertiary/aromatic N) is 1. The maximum Gasteiger partial charge on any atom is 0.319 e. The van der Waals surface area contributed by atoms with Crippen LogP contribution in [-0.4, -0.2) is 36.1 Å². The van der Waals surface area contributed by atoms with Crippen LogP contribution in [0.4, 0.5) is 16.2 Å². The predicted octanol–water partition coefficient (Wildman–Crippen LogP) is 5.42. The number of carbonyl (C=O) groups excluding carboxylic acids is 1. The number of nitrogens with one attached hydrogen (secondary N) is 2. The Hall–Kier alpha value is -2.18. The summed E-state index contributed by atoms with van der Waals surface area (Å²) in [5.41, 5.74) is 4.18. The quantitative estimate of drug-likeness (QED) is 0.479. The Balaban J connectivity index is 1.47. The zero-order valence-electron chi connectivity index (χ0n) is 18.9. The second kappa shape index (κ2) is 11.4. The van der Waals surface area contributed by atoms with Gasteiger partial charge in [-0.3, -0.25) is 0 Å². The van der Waals surface area contributed by atoms with E-state index in [1.54, 1.807) is 0 Å². The van der Waals surface area contributed by atoms with Crippen LogP contribution in [0.25, 0.3) is 0 Å². The lowest BCUT2D eigenvalue weighted by Gasteiger charge is -2.33. The minimum atomic E-state index is -0.194. The molecule has 1 fully saturated rings. The lowest BCUT2D eigenvalue weighted by molar-refractivity contribution is 0.203. The fourth-order valence-electron chi connectivity index (χ4n) is 3.71. The van der Waals surface area contributed by atoms with Crippen molar-refractivity contribution in [1.82, 2.24) is 5.32 Å². The molecule has 1 unspecified atom stereocenters. The Kier molecular flexibility index (Phi) is 8.67. The van der Waals surface area contributed by atoms with Crippen molar-refractivity contribution in [2.45, 2.75) is 56.7 Å². The molecule has 0 aromatic heterocycles. The van der Waals surface area contributed by atoms with Gasteiger partial charge in [0.25, 0.3) is 0 Å². The molecule has 6 heteroatoms. The highest BCUT2D eigenvalue weighted by molar-refractivity contribution is 7.99. The van der Waals surface area contributed by atoms with Gasteiger partial charge in [0.15, 0.2) is 0 Å². The molecule has 3 rings (SSSR count). The zero-order valence-corrected chi connectivity index (χ0v) is 19.7. The molecule has 1 atom stereocenters. The second-order valence-corrected chi connectivity index (χ2v) is 9.91. The number of benzene rings is 2. The van der Waals surface area contributed by atoms with Gasteiger partial charge >= 0.3 is 6.03 Å². The number of urea groups is 1. The average molecular weight is 442 g/mol. The van der Waals surface area contributed by atoms with Crippen molar-refractivity contribution in [3.63, 3.8) is 0 Å². The fraction of sp³-hybridized carbons (Fsp3) is 0.480. The van der Waals surface area contributed by atoms with Crippen molar-refractivity contribution >= 4 is 29.2 Å². The highest BCUT2D eigenvalue weighted by Gasteiger charge is 2.18. The summed E-state index contributed by atoms with van der Waals surface area (Å²) >= 11 is 1.86. The van der Waals surface area contributed by atoms with Gasteiger partial charge < -0.3 is 20.6 Å². The first kappa shape index (κ1) is 23.5. The summed E-state index contributed by atoms with van der Waals surface area (Å²) < 4.78 is 0. The number of anilines is 2. The zero-order chi connectivity index (χ0) is 22.2. The molecule has 3 N–H and O–H groups in total. The molecule has 1 aliphatic rings. The Morgan fingerprint density at radius 2 is 1.90 bits per heavy atom. The molecule has 1 heterocycles. The smallest absolute Gasteiger partial charge is 0.319 e. The minimum absolute atomic E-state index is 0.194. The first-order valence-electron chi connectivity index (χ1n) is 11.3. The molecule has 2 aromatic carbocycles. The van der Waals surface area contributed by atoms with Crippen molar-refractivity contribution in [2.24, 2.45) is 5.92 Å². The average Bonchev–Trinajstić information content (AvgIpc) is 2.80. The largest absolute Gasteiger partial charge is 0.396 e. The highest BCUT2D eigenvalue weighted by Crippen LogP contribution is 2.28. The van der Waals surface area contributed by atoms with Crippen molar-refractivity contribution in [3.05, 3.63) is 53.6 Å². The normalized spacial score (nSPS) is 15.5. The van der Waals surface area contributed by atoms with Crippen molar-refractivity contribution in [2.75, 3.05) is 29.9 Å². The number of aryl methyl sites for hydroxylation is 1. The molecular weight excluding hydrogens is 406 g/mol. The molecule has 2 amide bonds. The number of hydrogen-bond acceptors (Lipinski definition) is 4. The third-order valence-corrected chi connectivity index (χ3v) is 7.25. The Morgan fingerprint density at radius 1 is 1.19 bits per heavy atom. The first-order valence-corrected chi connectivity index (χ1v) is 12.1. The topological polar surface area (TPSA) is 64.6 Å². The fourth-order valence-corrected chi connectivity index (χ4v) is 4.74. The Labute approximate surface area is 190 Å². The molecule has 0 spiro atoms. The number of aliphatic hydroxyl groups excluding tert-OH is 1. The van der Waals surface area contributed by atoms with Crippen LogP contribution >= 0.6 is 11.8 Å². The predicted molar refractivity (Wildman–Crippen MR) is 131 cm³/mol. The van der Waals surface area contributed by atoms with E-state index in [1.807, 2.05) is 24.8 Å². The van der Waals surface area contributed by atoms with E-state index >= 15 is 0 Å². The third kappa shape index (κ3) is 6.91. The molecule has 168 valence electrons. The van der Waals surface area contributed by atoms with E-state index in [0.29, 0.717) is 24.3 Å². The SMILES string of the molecule is CCC(C)Sc1ccc(NC(=O)NCc2ccc(N3CCC(CO)CC3)cc2)c(C)c1. The van der Waals surface area contributed by atoms with Gasteiger partial charge in [0.1, 0.15) is 0 Å². The van der Waals surface area contributed by atoms with Gasteiger partial charge in [-0.2, -0.15) is 0 Å². The van der Waals surface area contributed by atoms with Crippen LogP contribution < -0.4 is 15.5 Å². The van der Waals surface area contributed by atoms with Gasteiger partial charge in [-0.05, 0) is 73.6 Å². The van der Waals surface area contributed by atoms with Gasteiger partial charge in [0.05, 0.1) is 0 Å². The summed E-state index contributed by atoms with van der Waals surface area (Å²) in [7, 11) is 0. The van der Waals surface area contributed by atoms with Gasteiger partial charge in [-0.15, -0.1) is 11.8 Å². The molecule has 0 saturated carbocycles. The van der Waals surface area contributed by atoms with Crippen LogP contribution in [0.2, 0.25) is 0 Å². The Morgan fingerprint density at radius 3 is 2.52 bits per heavy atom. The molecular formula is C25H35N3O2S. The number of aliphatic hydroxyl groups is 1. The van der Waals surface area contributed by atoms with Crippen LogP contribution in [0.1, 0.15) is 44.2 Å². The number of thioether (sulfide) groups is 1. The van der Waals surface area contributed by atoms with E-state index in [0.717, 1.165) is 49.2 Å². The van der Waals surface area contributed by atoms with Crippen LogP contribution in [0.3, 0.4) is 0 Å². The van der Waals surface area contributed by atoms with Crippen LogP contribution in [0.15, 0.2) is 47.4 Å². The summed E-state index contributed by atoms with van der Waals surface area (Å²) in [6.45, 7) is 9.20. The van der Waals surface area contributed by atoms with Crippen molar-refractivity contribution < 1.29 is 9.90 Å². The van der Waals surface area contributed by atoms with E-state index in [1.165, 1.54) is 10.6 Å². The maximum atomic E-state index is 12.4. The van der Waals surface area contributed by atoms with E-state index < -0.39 is 0 Å². The summed E-state index contributed by atoms with van der Waals surface area (Å²) in [4.78, 5) is 16.0. The third-order valence-electron chi connectivity index (χ3n) is 5.99. The lowest BCUT2D eigenvalue weighted by atomic mass is 9.97. The molecule has 1 aliphatic heterocycles. The van der Waals surface area contributed by atoms with E-state index in [2.05, 4.69) is 65.8 Å². The van der Waals surface area contributed by atoms with Gasteiger partial charge in [0, 0.05) is 47.8 Å². The van der Waals surface area contributed by atoms with Crippen molar-refractivity contribution in [3.8, 4) is 0 Å². The standard InChI is InChI=1S/C25H35N3O2S/c1-4-19(3)31-23-9-10-24(18(2)15-23)27-25(30)26-16-20-5-7-22(8-6-20)28-13-11-21(17-29)12-14-28/h5-10,15,19,21,29H,4,11-14,16-17H2,1-3H3,(H2,26,27,30). The number of amides is 2. The molecule has 2 aromatic rings. The van der Waals surface area contributed by atoms with E-state index in [-0.39, 0.29) is 6.03 Å². The minimum Gasteiger partial charge on any atom is -0.396 e. The van der Waals surface area contributed by atoms with E-state index in [4.69, 9.17) is 0 Å². The number of carbonyl (C=O) groups is 1. The first-order chi connectivity index (χ1) is 15.0. The van der Waals surface area contributed by atoms with Crippen LogP contribution in [-0.2, 0) is 6.54 Å². The van der Waals surface area contributed by atoms with E-state index in [9.17, 15) is 9.90 Å². The molecule has 0 bridgehead atoms. The summed E-state index contributed by atoms with van der Waals surface area (Å²) in [5.74, 6) is 0.441. The summed E-state index contributed by atoms with van der Waals surface area (Å²) in [6, 6.07) is 14.4. The molecule has 1 saturated heterocycles. The molecule has 5 nitrogen and oxygen atoms in total. The van der Waals surface area contributed by atoms with Gasteiger partial charge in [0.2, 0.25) is 0 Å². The summed E-state index contributed by atoms with van der Waals surface area (Å²) in [6.07, 6.45) is 3.21. The number of hydrogen-bond donors (Lipinski definition) is 3. The molecule has 31 heavy (non-hydrogen) atoms.